The highest BCUT2D eigenvalue weighted by Gasteiger charge is 2.33. The molecule has 5 heteroatoms. The molecule has 2 aromatic carbocycles. The zero-order chi connectivity index (χ0) is 16.7. The van der Waals surface area contributed by atoms with Crippen molar-refractivity contribution in [1.29, 1.82) is 0 Å². The van der Waals surface area contributed by atoms with Crippen LogP contribution >= 0.6 is 23.8 Å². The van der Waals surface area contributed by atoms with Crippen LogP contribution in [0.15, 0.2) is 52.4 Å². The van der Waals surface area contributed by atoms with Gasteiger partial charge in [-0.3, -0.25) is 0 Å². The van der Waals surface area contributed by atoms with Gasteiger partial charge in [-0.15, -0.1) is 0 Å². The molecule has 0 aliphatic carbocycles. The Hall–Kier alpha value is -2.04. The maximum atomic E-state index is 6.07. The fraction of sp³-hybridized carbons (Fsp3) is 0.211. The van der Waals surface area contributed by atoms with Gasteiger partial charge in [-0.1, -0.05) is 55.0 Å². The molecule has 0 N–H and O–H groups in total. The molecule has 4 rings (SSSR count). The summed E-state index contributed by atoms with van der Waals surface area (Å²) in [6.45, 7) is 2.13. The highest BCUT2D eigenvalue weighted by Crippen LogP contribution is 2.33. The van der Waals surface area contributed by atoms with Crippen LogP contribution in [0, 0.1) is 5.92 Å². The minimum Gasteiger partial charge on any atom is -0.442 e. The summed E-state index contributed by atoms with van der Waals surface area (Å²) < 4.78 is 5.98. The third kappa shape index (κ3) is 2.76. The summed E-state index contributed by atoms with van der Waals surface area (Å²) in [5.74, 6) is 1.94. The fourth-order valence-corrected chi connectivity index (χ4v) is 3.39. The summed E-state index contributed by atoms with van der Waals surface area (Å²) >= 11 is 11.6. The summed E-state index contributed by atoms with van der Waals surface area (Å²) in [6.07, 6.45) is 1.73. The van der Waals surface area contributed by atoms with Crippen molar-refractivity contribution in [3.05, 3.63) is 64.2 Å². The number of ether oxygens (including phenoxy) is 1. The Balaban J connectivity index is 1.69. The molecule has 2 aromatic rings. The van der Waals surface area contributed by atoms with Gasteiger partial charge in [-0.25, -0.2) is 4.99 Å². The van der Waals surface area contributed by atoms with Crippen molar-refractivity contribution in [2.24, 2.45) is 15.9 Å². The van der Waals surface area contributed by atoms with E-state index in [4.69, 9.17) is 28.6 Å². The molecule has 1 unspecified atom stereocenters. The first-order valence-electron chi connectivity index (χ1n) is 7.90. The lowest BCUT2D eigenvalue weighted by molar-refractivity contribution is 0.482. The maximum absolute atomic E-state index is 6.07. The molecule has 2 aliphatic heterocycles. The second-order valence-corrected chi connectivity index (χ2v) is 6.74. The van der Waals surface area contributed by atoms with Crippen LogP contribution in [-0.2, 0) is 12.8 Å². The molecule has 0 amide bonds. The summed E-state index contributed by atoms with van der Waals surface area (Å²) in [7, 11) is 0. The molecule has 24 heavy (non-hydrogen) atoms. The van der Waals surface area contributed by atoms with Crippen LogP contribution in [0.1, 0.15) is 23.6 Å². The minimum atomic E-state index is -0.0929. The van der Waals surface area contributed by atoms with Gasteiger partial charge < -0.3 is 4.74 Å². The second-order valence-electron chi connectivity index (χ2n) is 5.88. The Morgan fingerprint density at radius 1 is 1.17 bits per heavy atom. The number of benzene rings is 2. The molecular weight excluding hydrogens is 340 g/mol. The summed E-state index contributed by atoms with van der Waals surface area (Å²) in [6, 6.07) is 13.8. The SMILES string of the molecule is CCc1ccc(C2=NC(=S)C3Cc4cc(Cl)ccc4OC3=N2)cc1. The number of amidine groups is 1. The van der Waals surface area contributed by atoms with Gasteiger partial charge in [0.1, 0.15) is 10.7 Å². The van der Waals surface area contributed by atoms with Gasteiger partial charge in [0.05, 0.1) is 5.92 Å². The van der Waals surface area contributed by atoms with Crippen molar-refractivity contribution >= 4 is 40.5 Å². The Morgan fingerprint density at radius 2 is 1.96 bits per heavy atom. The van der Waals surface area contributed by atoms with E-state index in [0.717, 1.165) is 29.7 Å². The molecule has 0 spiro atoms. The number of nitrogens with zero attached hydrogens (tertiary/aromatic N) is 2. The van der Waals surface area contributed by atoms with Crippen LogP contribution < -0.4 is 4.74 Å². The monoisotopic (exact) mass is 354 g/mol. The van der Waals surface area contributed by atoms with Gasteiger partial charge in [0.25, 0.3) is 0 Å². The Labute approximate surface area is 151 Å². The van der Waals surface area contributed by atoms with Gasteiger partial charge in [0, 0.05) is 10.6 Å². The van der Waals surface area contributed by atoms with Crippen LogP contribution in [-0.4, -0.2) is 16.7 Å². The lowest BCUT2D eigenvalue weighted by atomic mass is 9.94. The van der Waals surface area contributed by atoms with E-state index in [9.17, 15) is 0 Å². The van der Waals surface area contributed by atoms with E-state index in [1.165, 1.54) is 5.56 Å². The lowest BCUT2D eigenvalue weighted by Gasteiger charge is -2.28. The van der Waals surface area contributed by atoms with Crippen LogP contribution in [0.5, 0.6) is 5.75 Å². The number of rotatable bonds is 2. The number of thiocarbonyl (C=S) groups is 1. The van der Waals surface area contributed by atoms with E-state index in [0.29, 0.717) is 21.7 Å². The molecule has 2 aliphatic rings. The first kappa shape index (κ1) is 15.5. The molecule has 0 saturated heterocycles. The molecule has 0 bridgehead atoms. The highest BCUT2D eigenvalue weighted by molar-refractivity contribution is 7.80. The second kappa shape index (κ2) is 6.11. The predicted molar refractivity (Wildman–Crippen MR) is 102 cm³/mol. The summed E-state index contributed by atoms with van der Waals surface area (Å²) in [5, 5.41) is 0.694. The van der Waals surface area contributed by atoms with Gasteiger partial charge in [-0.05, 0) is 42.2 Å². The van der Waals surface area contributed by atoms with E-state index in [1.54, 1.807) is 0 Å². The normalized spacial score (nSPS) is 18.9. The van der Waals surface area contributed by atoms with Gasteiger partial charge in [-0.2, -0.15) is 4.99 Å². The maximum Gasteiger partial charge on any atom is 0.207 e. The average Bonchev–Trinajstić information content (AvgIpc) is 2.60. The standard InChI is InChI=1S/C19H15ClN2OS/c1-2-11-3-5-12(6-4-11)17-21-18-15(19(24)22-17)10-13-9-14(20)7-8-16(13)23-18/h3-9,15H,2,10H2,1H3. The van der Waals surface area contributed by atoms with Crippen LogP contribution in [0.2, 0.25) is 5.02 Å². The van der Waals surface area contributed by atoms with Crippen LogP contribution in [0.4, 0.5) is 0 Å². The van der Waals surface area contributed by atoms with Crippen LogP contribution in [0.25, 0.3) is 0 Å². The number of aryl methyl sites for hydroxylation is 1. The number of hydrogen-bond acceptors (Lipinski definition) is 3. The first-order valence-corrected chi connectivity index (χ1v) is 8.69. The van der Waals surface area contributed by atoms with Crippen molar-refractivity contribution in [3.8, 4) is 5.75 Å². The van der Waals surface area contributed by atoms with E-state index < -0.39 is 0 Å². The number of fused-ring (bicyclic) bond motifs is 2. The molecule has 1 atom stereocenters. The molecule has 0 saturated carbocycles. The van der Waals surface area contributed by atoms with E-state index >= 15 is 0 Å². The third-order valence-corrected chi connectivity index (χ3v) is 4.92. The number of hydrogen-bond donors (Lipinski definition) is 0. The molecular formula is C19H15ClN2OS. The third-order valence-electron chi connectivity index (χ3n) is 4.31. The predicted octanol–water partition coefficient (Wildman–Crippen LogP) is 4.64. The van der Waals surface area contributed by atoms with Crippen molar-refractivity contribution in [2.45, 2.75) is 19.8 Å². The quantitative estimate of drug-likeness (QED) is 0.736. The zero-order valence-electron chi connectivity index (χ0n) is 13.1. The largest absolute Gasteiger partial charge is 0.442 e. The van der Waals surface area contributed by atoms with E-state index in [-0.39, 0.29) is 5.92 Å². The zero-order valence-corrected chi connectivity index (χ0v) is 14.7. The molecule has 0 radical (unpaired) electrons. The van der Waals surface area contributed by atoms with E-state index in [1.807, 2.05) is 30.3 Å². The summed E-state index contributed by atoms with van der Waals surface area (Å²) in [4.78, 5) is 9.77. The number of halogens is 1. The topological polar surface area (TPSA) is 34.0 Å². The van der Waals surface area contributed by atoms with Crippen molar-refractivity contribution < 1.29 is 4.74 Å². The molecule has 3 nitrogen and oxygen atoms in total. The Morgan fingerprint density at radius 3 is 2.71 bits per heavy atom. The van der Waals surface area contributed by atoms with Gasteiger partial charge >= 0.3 is 0 Å². The fourth-order valence-electron chi connectivity index (χ4n) is 2.92. The smallest absolute Gasteiger partial charge is 0.207 e. The molecule has 120 valence electrons. The van der Waals surface area contributed by atoms with Gasteiger partial charge in [0.2, 0.25) is 5.90 Å². The summed E-state index contributed by atoms with van der Waals surface area (Å²) in [5.41, 5.74) is 3.27. The van der Waals surface area contributed by atoms with Crippen molar-refractivity contribution in [3.63, 3.8) is 0 Å². The average molecular weight is 355 g/mol. The molecule has 0 fully saturated rings. The Kier molecular flexibility index (Phi) is 3.94. The molecule has 2 heterocycles. The molecule has 0 aromatic heterocycles. The first-order chi connectivity index (χ1) is 11.6. The van der Waals surface area contributed by atoms with Crippen molar-refractivity contribution in [1.82, 2.24) is 0 Å². The number of aliphatic imine (C=N–C) groups is 2. The minimum absolute atomic E-state index is 0.0929. The Bertz CT molecular complexity index is 887. The lowest BCUT2D eigenvalue weighted by Crippen LogP contribution is -2.36. The van der Waals surface area contributed by atoms with Gasteiger partial charge in [0.15, 0.2) is 5.84 Å². The highest BCUT2D eigenvalue weighted by atomic mass is 35.5. The van der Waals surface area contributed by atoms with Crippen molar-refractivity contribution in [2.75, 3.05) is 0 Å². The van der Waals surface area contributed by atoms with Crippen LogP contribution in [0.3, 0.4) is 0 Å². The van der Waals surface area contributed by atoms with E-state index in [2.05, 4.69) is 29.0 Å².